The smallest absolute Gasteiger partial charge is 1.00 e. The van der Waals surface area contributed by atoms with E-state index in [1.54, 1.807) is 78.2 Å². The Bertz CT molecular complexity index is 5750. The molecule has 642 valence electrons. The molecule has 0 saturated carbocycles. The molecule has 13 aromatic rings. The monoisotopic (exact) mass is 1790 g/mol. The van der Waals surface area contributed by atoms with E-state index in [1.165, 1.54) is 43.6 Å². The SMILES string of the molecule is CNc1ncnc2c1ccn2[C@@H]1O[C@H]([C@H](O)c2ccc(C(F)(F)F)c(C)c2)[C@@H](O)[C@H]1O.CNc1ncnc2c1ccn2[C@@H]1O[C@H]([C@H](OC(=O)c2ccc(-c3ccccc3)cc2)c2ccc(C)c(C)c2)[C@@H](O)[C@H]1O.CON.Cc1ccc([C@@H](OC(=O)c2ccc(-c3ccccc3)cc2)[C@H]2O[C@@H](n3ccc4c(Cl)ncnc43)[C@H](O)[C@@H]2O)cc1C.Cl.O=CO[O-].[H-].[K+].[K+]. The Labute approximate surface area is 807 Å². The number of carbonyl (C=O) groups is 3. The number of hydrogen-bond acceptors (Lipinski definition) is 27. The molecule has 11 N–H and O–H groups in total. The third-order valence-corrected chi connectivity index (χ3v) is 21.4. The number of nitrogens with one attached hydrogen (secondary N) is 2. The standard InChI is InChI=1S/C33H32N4O5.C32H28ClN3O5.C20H21F3N4O4.CH5NO.CH2O3.ClH.2K.H/c1-19-9-10-24(17-20(19)2)28(42-33(40)23-13-11-22(12-14-23)21-7-5-4-6-8-21)29-26(38)27(39)32(41-29)37-16-15-25-30(34-3)35-18-36-31(25)37;1-18-8-9-23(16-19(18)2)27(41-32(39)22-12-10-21(11-13-22)20-6-4-3-5-7-20)28-25(37)26(38)31(40-28)36-15-14-24-29(33)34-17-35-30(24)36;1-9-7-10(3-4-12(9)20(21,22)23)13(28)16-14(29)15(30)19(31-16)27-6-5-11-17(24-2)25-8-26-18(11)27;1-3-2;2-1-4-3;;;;/h4-18,26-29,32,38-39H,1-3H3,(H,34,35,36);3-17,25-28,31,37-38H,1-2H3;3-8,13-16,19,28-30H,1-2H3,(H,24,25,26);2H2,1H3;1,3H;1H;;;/q;;;;;;2*+1;-1/p-1/t26-,27+,28+,29-,32+;25-,26+,27+,28-,31+;13-,14+,15-,16-,19-;;;;;;/m001....../s1. The average molecular weight is 1800 g/mol. The number of hydrogen-bond donors (Lipinski definition) is 10. The number of aryl methyl sites for hydroxylation is 5. The molecule has 0 bridgehead atoms. The molecule has 16 rings (SSSR count). The molecule has 37 heteroatoms. The summed E-state index contributed by atoms with van der Waals surface area (Å²) < 4.78 is 74.3. The molecule has 0 unspecified atom stereocenters. The van der Waals surface area contributed by atoms with Gasteiger partial charge in [-0.25, -0.2) is 45.4 Å². The third-order valence-electron chi connectivity index (χ3n) is 21.1. The van der Waals surface area contributed by atoms with Crippen molar-refractivity contribution in [2.24, 2.45) is 5.90 Å². The minimum Gasteiger partial charge on any atom is -1.00 e. The van der Waals surface area contributed by atoms with Crippen LogP contribution in [0.5, 0.6) is 0 Å². The topological polar surface area (TPSA) is 423 Å². The van der Waals surface area contributed by atoms with Gasteiger partial charge >= 0.3 is 121 Å². The summed E-state index contributed by atoms with van der Waals surface area (Å²) in [7, 11) is 4.86. The van der Waals surface area contributed by atoms with Crippen molar-refractivity contribution in [3.63, 3.8) is 0 Å². The van der Waals surface area contributed by atoms with E-state index < -0.39 is 116 Å². The molecule has 3 fully saturated rings. The zero-order valence-electron chi connectivity index (χ0n) is 69.7. The Balaban J connectivity index is 0.000000222. The van der Waals surface area contributed by atoms with Crippen molar-refractivity contribution in [3.8, 4) is 22.3 Å². The van der Waals surface area contributed by atoms with E-state index in [0.29, 0.717) is 61.6 Å². The number of esters is 2. The number of ether oxygens (including phenoxy) is 5. The maximum Gasteiger partial charge on any atom is 1.00 e. The average Bonchev–Trinajstić information content (AvgIpc) is 1.62. The number of benzene rings is 7. The van der Waals surface area contributed by atoms with Gasteiger partial charge in [0.1, 0.15) is 114 Å². The number of aliphatic hydroxyl groups excluding tert-OH is 7. The summed E-state index contributed by atoms with van der Waals surface area (Å²) in [6, 6.07) is 53.9. The fourth-order valence-corrected chi connectivity index (χ4v) is 14.7. The summed E-state index contributed by atoms with van der Waals surface area (Å²) in [4.78, 5) is 67.1. The number of aromatic nitrogens is 9. The Hall–Kier alpha value is -8.47. The molecule has 3 aliphatic heterocycles. The molecule has 9 heterocycles. The van der Waals surface area contributed by atoms with Crippen LogP contribution in [-0.2, 0) is 44.4 Å². The normalized spacial score (nSPS) is 20.7. The second-order valence-corrected chi connectivity index (χ2v) is 28.9. The molecule has 0 amide bonds. The van der Waals surface area contributed by atoms with Crippen LogP contribution in [0.25, 0.3) is 55.4 Å². The fourth-order valence-electron chi connectivity index (χ4n) is 14.5. The first kappa shape index (κ1) is 99.3. The zero-order valence-corrected chi connectivity index (χ0v) is 76.5. The maximum absolute atomic E-state index is 13.5. The molecule has 30 nitrogen and oxygen atoms in total. The van der Waals surface area contributed by atoms with E-state index >= 15 is 0 Å². The molecule has 3 aliphatic rings. The first-order valence-corrected chi connectivity index (χ1v) is 38.2. The van der Waals surface area contributed by atoms with Crippen molar-refractivity contribution in [2.75, 3.05) is 31.8 Å². The van der Waals surface area contributed by atoms with Crippen LogP contribution >= 0.6 is 24.0 Å². The molecule has 124 heavy (non-hydrogen) atoms. The van der Waals surface area contributed by atoms with Crippen molar-refractivity contribution in [1.29, 1.82) is 0 Å². The van der Waals surface area contributed by atoms with E-state index in [9.17, 15) is 58.5 Å². The quantitative estimate of drug-likeness (QED) is 0.0132. The number of aliphatic hydroxyl groups is 7. The van der Waals surface area contributed by atoms with Gasteiger partial charge in [-0.05, 0) is 150 Å². The number of rotatable bonds is 18. The van der Waals surface area contributed by atoms with Crippen LogP contribution < -0.4 is 125 Å². The van der Waals surface area contributed by atoms with Gasteiger partial charge in [0.25, 0.3) is 6.47 Å². The van der Waals surface area contributed by atoms with Gasteiger partial charge in [-0.2, -0.15) is 13.2 Å². The molecular weight excluding hydrogens is 1710 g/mol. The van der Waals surface area contributed by atoms with Crippen LogP contribution in [0.1, 0.15) is 109 Å². The van der Waals surface area contributed by atoms with Crippen LogP contribution in [0.15, 0.2) is 220 Å². The molecule has 3 saturated heterocycles. The van der Waals surface area contributed by atoms with Crippen molar-refractivity contribution in [2.45, 2.75) is 133 Å². The van der Waals surface area contributed by atoms with Gasteiger partial charge in [0, 0.05) is 32.7 Å². The number of fused-ring (bicyclic) bond motifs is 3. The summed E-state index contributed by atoms with van der Waals surface area (Å²) in [5.74, 6) is 4.40. The fraction of sp³-hybridized carbons (Fsp3) is 0.276. The number of nitrogens with zero attached hydrogens (tertiary/aromatic N) is 9. The van der Waals surface area contributed by atoms with Crippen LogP contribution in [-0.4, -0.2) is 174 Å². The molecule has 0 aliphatic carbocycles. The Morgan fingerprint density at radius 1 is 0.500 bits per heavy atom. The second kappa shape index (κ2) is 44.8. The zero-order chi connectivity index (χ0) is 86.7. The van der Waals surface area contributed by atoms with E-state index in [-0.39, 0.29) is 139 Å². The summed E-state index contributed by atoms with van der Waals surface area (Å²) in [6.07, 6.45) is -13.6. The Morgan fingerprint density at radius 3 is 1.20 bits per heavy atom. The van der Waals surface area contributed by atoms with E-state index in [4.69, 9.17) is 45.3 Å². The number of nitrogens with two attached hydrogens (primary N) is 1. The van der Waals surface area contributed by atoms with Crippen LogP contribution in [0, 0.1) is 34.6 Å². The summed E-state index contributed by atoms with van der Waals surface area (Å²) >= 11 is 6.21. The number of halogens is 5. The minimum absolute atomic E-state index is 0. The third kappa shape index (κ3) is 22.2. The van der Waals surface area contributed by atoms with Gasteiger partial charge in [-0.3, -0.25) is 4.79 Å². The van der Waals surface area contributed by atoms with Crippen molar-refractivity contribution in [3.05, 3.63) is 286 Å². The molecule has 7 aromatic carbocycles. The predicted molar refractivity (Wildman–Crippen MR) is 444 cm³/mol. The van der Waals surface area contributed by atoms with Gasteiger partial charge in [-0.15, -0.1) is 12.4 Å². The molecular formula is C87H89Cl2F3K2N12O18. The number of anilines is 2. The molecule has 0 spiro atoms. The number of alkyl halides is 3. The van der Waals surface area contributed by atoms with Crippen LogP contribution in [0.4, 0.5) is 24.8 Å². The van der Waals surface area contributed by atoms with Gasteiger partial charge < -0.3 is 100 Å². The molecule has 15 atom stereocenters. The van der Waals surface area contributed by atoms with E-state index in [2.05, 4.69) is 56.2 Å². The predicted octanol–water partition coefficient (Wildman–Crippen LogP) is 5.20. The Morgan fingerprint density at radius 2 is 0.839 bits per heavy atom. The molecule has 6 aromatic heterocycles. The van der Waals surface area contributed by atoms with Crippen LogP contribution in [0.2, 0.25) is 5.15 Å². The van der Waals surface area contributed by atoms with Gasteiger partial charge in [0.05, 0.1) is 40.0 Å². The summed E-state index contributed by atoms with van der Waals surface area (Å²) in [6.45, 7) is 9.01. The van der Waals surface area contributed by atoms with Gasteiger partial charge in [0.2, 0.25) is 0 Å². The van der Waals surface area contributed by atoms with Crippen LogP contribution in [0.3, 0.4) is 0 Å². The summed E-state index contributed by atoms with van der Waals surface area (Å²) in [5.41, 5.74) is 10.8. The molecule has 0 radical (unpaired) electrons. The minimum atomic E-state index is -4.51. The maximum atomic E-state index is 13.5. The van der Waals surface area contributed by atoms with E-state index in [0.717, 1.165) is 62.0 Å². The van der Waals surface area contributed by atoms with Gasteiger partial charge in [-0.1, -0.05) is 145 Å². The van der Waals surface area contributed by atoms with E-state index in [1.807, 2.05) is 155 Å². The Kier molecular flexibility index (Phi) is 35.9. The number of carbonyl (C=O) groups excluding carboxylic acids is 3. The van der Waals surface area contributed by atoms with Crippen molar-refractivity contribution < 1.29 is 206 Å². The first-order valence-electron chi connectivity index (χ1n) is 37.8. The van der Waals surface area contributed by atoms with Gasteiger partial charge in [0.15, 0.2) is 30.9 Å². The second-order valence-electron chi connectivity index (χ2n) is 28.6. The first-order chi connectivity index (χ1) is 58.1. The summed E-state index contributed by atoms with van der Waals surface area (Å²) in [5, 5.41) is 93.2. The largest absolute Gasteiger partial charge is 1.00 e. The van der Waals surface area contributed by atoms with Crippen molar-refractivity contribution >= 4 is 87.2 Å². The van der Waals surface area contributed by atoms with Crippen molar-refractivity contribution in [1.82, 2.24) is 43.6 Å².